The summed E-state index contributed by atoms with van der Waals surface area (Å²) in [5.41, 5.74) is 0.524. The molecule has 0 aromatic heterocycles. The van der Waals surface area contributed by atoms with Gasteiger partial charge in [-0.3, -0.25) is 0 Å². The van der Waals surface area contributed by atoms with Crippen molar-refractivity contribution in [3.63, 3.8) is 0 Å². The number of hydrogen-bond donors (Lipinski definition) is 0. The van der Waals surface area contributed by atoms with Gasteiger partial charge >= 0.3 is 12.1 Å². The molecular formula is C11H15F3N2O4. The van der Waals surface area contributed by atoms with Gasteiger partial charge in [-0.05, 0) is 19.3 Å². The molecule has 2 heterocycles. The van der Waals surface area contributed by atoms with Crippen molar-refractivity contribution in [3.05, 3.63) is 0 Å². The monoisotopic (exact) mass is 296 g/mol. The molecule has 2 aliphatic heterocycles. The van der Waals surface area contributed by atoms with Crippen molar-refractivity contribution >= 4 is 11.7 Å². The molecule has 2 fully saturated rings. The van der Waals surface area contributed by atoms with Crippen LogP contribution in [0.25, 0.3) is 0 Å². The lowest BCUT2D eigenvalue weighted by molar-refractivity contribution is -0.238. The maximum Gasteiger partial charge on any atom is 0.492 e. The Morgan fingerprint density at radius 3 is 2.75 bits per heavy atom. The van der Waals surface area contributed by atoms with E-state index in [0.717, 1.165) is 24.3 Å². The molecular weight excluding hydrogens is 281 g/mol. The Morgan fingerprint density at radius 2 is 2.15 bits per heavy atom. The summed E-state index contributed by atoms with van der Waals surface area (Å²) in [6.07, 6.45) is -1.91. The highest BCUT2D eigenvalue weighted by Gasteiger charge is 2.44. The Hall–Kier alpha value is -1.35. The molecule has 20 heavy (non-hydrogen) atoms. The minimum atomic E-state index is -4.98. The van der Waals surface area contributed by atoms with Crippen molar-refractivity contribution < 1.29 is 32.4 Å². The van der Waals surface area contributed by atoms with Crippen LogP contribution in [0.3, 0.4) is 0 Å². The third kappa shape index (κ3) is 4.34. The summed E-state index contributed by atoms with van der Waals surface area (Å²) in [5.74, 6) is -2.23. The maximum atomic E-state index is 11.9. The number of halogens is 3. The minimum absolute atomic E-state index is 0.0207. The summed E-state index contributed by atoms with van der Waals surface area (Å²) in [4.78, 5) is 19.7. The summed E-state index contributed by atoms with van der Waals surface area (Å²) in [5, 5.41) is 4.64. The van der Waals surface area contributed by atoms with E-state index < -0.39 is 12.1 Å². The maximum absolute atomic E-state index is 11.9. The number of hydroxylamine groups is 2. The zero-order chi connectivity index (χ0) is 14.6. The van der Waals surface area contributed by atoms with Gasteiger partial charge < -0.3 is 14.4 Å². The molecule has 6 nitrogen and oxygen atoms in total. The molecule has 0 radical (unpaired) electrons. The molecule has 2 saturated heterocycles. The highest BCUT2D eigenvalue weighted by Crippen LogP contribution is 2.19. The van der Waals surface area contributed by atoms with E-state index in [1.54, 1.807) is 0 Å². The Labute approximate surface area is 113 Å². The zero-order valence-corrected chi connectivity index (χ0v) is 10.7. The summed E-state index contributed by atoms with van der Waals surface area (Å²) in [7, 11) is 0. The number of carbonyl (C=O) groups excluding carboxylic acids is 1. The number of nitrogens with zero attached hydrogens (tertiary/aromatic N) is 2. The van der Waals surface area contributed by atoms with Gasteiger partial charge in [0.05, 0.1) is 24.9 Å². The molecule has 0 bridgehead atoms. The van der Waals surface area contributed by atoms with Gasteiger partial charge in [-0.25, -0.2) is 4.79 Å². The lowest BCUT2D eigenvalue weighted by Gasteiger charge is -2.30. The van der Waals surface area contributed by atoms with Gasteiger partial charge in [-0.15, -0.1) is 5.06 Å². The van der Waals surface area contributed by atoms with Crippen molar-refractivity contribution in [3.8, 4) is 0 Å². The van der Waals surface area contributed by atoms with Crippen LogP contribution in [0.15, 0.2) is 5.16 Å². The summed E-state index contributed by atoms with van der Waals surface area (Å²) in [6.45, 7) is 1.08. The van der Waals surface area contributed by atoms with E-state index in [-0.39, 0.29) is 19.2 Å². The quantitative estimate of drug-likeness (QED) is 0.731. The van der Waals surface area contributed by atoms with Gasteiger partial charge in [0.2, 0.25) is 0 Å². The number of ether oxygens (including phenoxy) is 1. The third-order valence-corrected chi connectivity index (χ3v) is 2.89. The largest absolute Gasteiger partial charge is 0.492 e. The van der Waals surface area contributed by atoms with Crippen LogP contribution in [0, 0.1) is 0 Å². The van der Waals surface area contributed by atoms with Gasteiger partial charge in [0.15, 0.2) is 0 Å². The van der Waals surface area contributed by atoms with E-state index >= 15 is 0 Å². The Kier molecular flexibility index (Phi) is 4.81. The van der Waals surface area contributed by atoms with Gasteiger partial charge in [0, 0.05) is 6.61 Å². The number of alkyl halides is 3. The Balaban J connectivity index is 1.61. The molecule has 0 saturated carbocycles. The van der Waals surface area contributed by atoms with Crippen LogP contribution in [0.1, 0.15) is 19.3 Å². The SMILES string of the molecule is O=C(ON1CC(=NOC[C@@H]2CCCCO2)C1)C(F)(F)F. The lowest BCUT2D eigenvalue weighted by atomic mass is 10.1. The first-order chi connectivity index (χ1) is 9.45. The van der Waals surface area contributed by atoms with Gasteiger partial charge in [-0.2, -0.15) is 13.2 Å². The number of carbonyl (C=O) groups is 1. The van der Waals surface area contributed by atoms with Crippen molar-refractivity contribution in [2.45, 2.75) is 31.5 Å². The zero-order valence-electron chi connectivity index (χ0n) is 10.7. The number of oxime groups is 1. The second kappa shape index (κ2) is 6.40. The van der Waals surface area contributed by atoms with Crippen LogP contribution >= 0.6 is 0 Å². The van der Waals surface area contributed by atoms with Crippen LogP contribution in [0.2, 0.25) is 0 Å². The van der Waals surface area contributed by atoms with E-state index in [2.05, 4.69) is 9.99 Å². The molecule has 2 aliphatic rings. The van der Waals surface area contributed by atoms with E-state index in [4.69, 9.17) is 9.57 Å². The summed E-state index contributed by atoms with van der Waals surface area (Å²) >= 11 is 0. The van der Waals surface area contributed by atoms with E-state index in [0.29, 0.717) is 18.9 Å². The fourth-order valence-corrected chi connectivity index (χ4v) is 1.80. The molecule has 0 amide bonds. The lowest BCUT2D eigenvalue weighted by Crippen LogP contribution is -2.50. The molecule has 9 heteroatoms. The van der Waals surface area contributed by atoms with Gasteiger partial charge in [0.1, 0.15) is 6.61 Å². The van der Waals surface area contributed by atoms with Crippen molar-refractivity contribution in [1.82, 2.24) is 5.06 Å². The fourth-order valence-electron chi connectivity index (χ4n) is 1.80. The van der Waals surface area contributed by atoms with Crippen LogP contribution < -0.4 is 0 Å². The van der Waals surface area contributed by atoms with Gasteiger partial charge in [-0.1, -0.05) is 5.16 Å². The van der Waals surface area contributed by atoms with Crippen LogP contribution in [0.4, 0.5) is 13.2 Å². The third-order valence-electron chi connectivity index (χ3n) is 2.89. The Morgan fingerprint density at radius 1 is 1.40 bits per heavy atom. The van der Waals surface area contributed by atoms with E-state index in [1.165, 1.54) is 0 Å². The number of hydrogen-bond acceptors (Lipinski definition) is 6. The summed E-state index contributed by atoms with van der Waals surface area (Å²) in [6, 6.07) is 0. The normalized spacial score (nSPS) is 23.9. The van der Waals surface area contributed by atoms with E-state index in [1.807, 2.05) is 0 Å². The number of rotatable bonds is 4. The molecule has 0 N–H and O–H groups in total. The van der Waals surface area contributed by atoms with E-state index in [9.17, 15) is 18.0 Å². The first-order valence-electron chi connectivity index (χ1n) is 6.28. The summed E-state index contributed by atoms with van der Waals surface area (Å²) < 4.78 is 41.1. The highest BCUT2D eigenvalue weighted by atomic mass is 19.4. The molecule has 114 valence electrons. The predicted molar refractivity (Wildman–Crippen MR) is 60.7 cm³/mol. The fraction of sp³-hybridized carbons (Fsp3) is 0.818. The minimum Gasteiger partial charge on any atom is -0.393 e. The van der Waals surface area contributed by atoms with Crippen LogP contribution in [-0.2, 0) is 19.2 Å². The molecule has 0 aromatic rings. The van der Waals surface area contributed by atoms with Crippen molar-refractivity contribution in [2.75, 3.05) is 26.3 Å². The van der Waals surface area contributed by atoms with Crippen LogP contribution in [-0.4, -0.2) is 55.3 Å². The predicted octanol–water partition coefficient (Wildman–Crippen LogP) is 1.26. The first kappa shape index (κ1) is 15.0. The molecule has 0 spiro atoms. The van der Waals surface area contributed by atoms with Crippen molar-refractivity contribution in [2.24, 2.45) is 5.16 Å². The Bertz CT molecular complexity index is 372. The highest BCUT2D eigenvalue weighted by molar-refractivity contribution is 5.92. The second-order valence-electron chi connectivity index (χ2n) is 4.62. The smallest absolute Gasteiger partial charge is 0.393 e. The topological polar surface area (TPSA) is 60.4 Å². The molecule has 0 unspecified atom stereocenters. The average molecular weight is 296 g/mol. The second-order valence-corrected chi connectivity index (χ2v) is 4.62. The van der Waals surface area contributed by atoms with Gasteiger partial charge in [0.25, 0.3) is 0 Å². The van der Waals surface area contributed by atoms with Crippen molar-refractivity contribution in [1.29, 1.82) is 0 Å². The molecule has 1 atom stereocenters. The standard InChI is InChI=1S/C11H15F3N2O4/c12-11(13,14)10(17)20-16-5-8(6-16)15-19-7-9-3-1-2-4-18-9/h9H,1-7H2/t9-/m0/s1. The molecule has 0 aliphatic carbocycles. The molecule has 0 aromatic carbocycles. The van der Waals surface area contributed by atoms with Crippen LogP contribution in [0.5, 0.6) is 0 Å². The first-order valence-corrected chi connectivity index (χ1v) is 6.28. The average Bonchev–Trinajstić information content (AvgIpc) is 2.35. The molecule has 2 rings (SSSR count).